The van der Waals surface area contributed by atoms with Crippen molar-refractivity contribution in [2.24, 2.45) is 7.05 Å². The van der Waals surface area contributed by atoms with Gasteiger partial charge in [-0.2, -0.15) is 18.3 Å². The molecule has 2 N–H and O–H groups in total. The van der Waals surface area contributed by atoms with Crippen molar-refractivity contribution in [1.29, 1.82) is 0 Å². The van der Waals surface area contributed by atoms with E-state index in [1.165, 1.54) is 6.07 Å². The van der Waals surface area contributed by atoms with Crippen LogP contribution in [0.25, 0.3) is 0 Å². The SMILES string of the molecule is Cn1nc(Cc2cccc(Cl)c2)c(C(=O)NCc2ccc(C(=O)O)c(F)c2)c1C(F)(F)F. The fourth-order valence-electron chi connectivity index (χ4n) is 3.22. The van der Waals surface area contributed by atoms with Gasteiger partial charge in [0.15, 0.2) is 5.69 Å². The fraction of sp³-hybridized carbons (Fsp3) is 0.190. The molecule has 0 saturated carbocycles. The Bertz CT molecular complexity index is 1190. The van der Waals surface area contributed by atoms with Crippen LogP contribution < -0.4 is 5.32 Å². The van der Waals surface area contributed by atoms with Crippen LogP contribution in [0.2, 0.25) is 5.02 Å². The maximum atomic E-state index is 13.8. The summed E-state index contributed by atoms with van der Waals surface area (Å²) >= 11 is 5.93. The zero-order valence-electron chi connectivity index (χ0n) is 16.5. The van der Waals surface area contributed by atoms with Crippen LogP contribution in [-0.2, 0) is 26.2 Å². The number of carboxylic acids is 1. The van der Waals surface area contributed by atoms with Crippen LogP contribution in [0.3, 0.4) is 0 Å². The molecule has 0 aliphatic heterocycles. The average molecular weight is 470 g/mol. The minimum Gasteiger partial charge on any atom is -0.478 e. The van der Waals surface area contributed by atoms with Crippen molar-refractivity contribution in [3.05, 3.63) is 86.9 Å². The van der Waals surface area contributed by atoms with Gasteiger partial charge >= 0.3 is 12.1 Å². The third-order valence-corrected chi connectivity index (χ3v) is 4.83. The first kappa shape index (κ1) is 23.3. The number of carbonyl (C=O) groups excluding carboxylic acids is 1. The maximum absolute atomic E-state index is 13.8. The van der Waals surface area contributed by atoms with Gasteiger partial charge in [-0.15, -0.1) is 0 Å². The summed E-state index contributed by atoms with van der Waals surface area (Å²) in [5.74, 6) is -3.54. The Kier molecular flexibility index (Phi) is 6.54. The summed E-state index contributed by atoms with van der Waals surface area (Å²) in [7, 11) is 1.08. The number of nitrogens with one attached hydrogen (secondary N) is 1. The molecule has 0 aliphatic rings. The van der Waals surface area contributed by atoms with Crippen molar-refractivity contribution in [3.63, 3.8) is 0 Å². The minimum atomic E-state index is -4.85. The number of carbonyl (C=O) groups is 2. The van der Waals surface area contributed by atoms with Gasteiger partial charge in [0, 0.05) is 25.0 Å². The van der Waals surface area contributed by atoms with Crippen molar-refractivity contribution in [2.75, 3.05) is 0 Å². The second-order valence-corrected chi connectivity index (χ2v) is 7.34. The predicted molar refractivity (Wildman–Crippen MR) is 107 cm³/mol. The Hall–Kier alpha value is -3.40. The van der Waals surface area contributed by atoms with E-state index in [1.54, 1.807) is 24.3 Å². The number of benzene rings is 2. The standard InChI is InChI=1S/C21H16ClF4N3O3/c1-29-18(21(24,25)26)17(16(28-29)9-11-3-2-4-13(22)7-11)19(30)27-10-12-5-6-14(20(31)32)15(23)8-12/h2-8H,9-10H2,1H3,(H,27,30)(H,31,32). The van der Waals surface area contributed by atoms with Gasteiger partial charge in [-0.3, -0.25) is 9.48 Å². The van der Waals surface area contributed by atoms with Crippen LogP contribution in [0.4, 0.5) is 17.6 Å². The van der Waals surface area contributed by atoms with Crippen LogP contribution in [0.1, 0.15) is 43.2 Å². The van der Waals surface area contributed by atoms with Crippen molar-refractivity contribution < 1.29 is 32.3 Å². The number of alkyl halides is 3. The predicted octanol–water partition coefficient (Wildman–Crippen LogP) is 4.45. The molecular weight excluding hydrogens is 454 g/mol. The van der Waals surface area contributed by atoms with Gasteiger partial charge < -0.3 is 10.4 Å². The van der Waals surface area contributed by atoms with Crippen molar-refractivity contribution in [3.8, 4) is 0 Å². The number of aromatic carboxylic acids is 1. The summed E-state index contributed by atoms with van der Waals surface area (Å²) < 4.78 is 55.4. The van der Waals surface area contributed by atoms with Gasteiger partial charge in [0.25, 0.3) is 5.91 Å². The van der Waals surface area contributed by atoms with Crippen LogP contribution >= 0.6 is 11.6 Å². The molecule has 0 aliphatic carbocycles. The molecule has 0 atom stereocenters. The molecule has 0 unspecified atom stereocenters. The number of halogens is 5. The topological polar surface area (TPSA) is 84.2 Å². The highest BCUT2D eigenvalue weighted by atomic mass is 35.5. The summed E-state index contributed by atoms with van der Waals surface area (Å²) in [6, 6.07) is 9.58. The number of hydrogen-bond acceptors (Lipinski definition) is 3. The van der Waals surface area contributed by atoms with Crippen molar-refractivity contribution in [1.82, 2.24) is 15.1 Å². The van der Waals surface area contributed by atoms with E-state index in [1.807, 2.05) is 0 Å². The fourth-order valence-corrected chi connectivity index (χ4v) is 3.43. The van der Waals surface area contributed by atoms with E-state index in [-0.39, 0.29) is 24.2 Å². The lowest BCUT2D eigenvalue weighted by Gasteiger charge is -2.11. The number of rotatable bonds is 6. The Morgan fingerprint density at radius 1 is 1.16 bits per heavy atom. The highest BCUT2D eigenvalue weighted by molar-refractivity contribution is 6.30. The van der Waals surface area contributed by atoms with E-state index in [4.69, 9.17) is 16.7 Å². The van der Waals surface area contributed by atoms with Gasteiger partial charge in [0.2, 0.25) is 0 Å². The Morgan fingerprint density at radius 3 is 2.47 bits per heavy atom. The number of carboxylic acid groups (broad SMARTS) is 1. The highest BCUT2D eigenvalue weighted by Gasteiger charge is 2.41. The number of aryl methyl sites for hydroxylation is 1. The van der Waals surface area contributed by atoms with Crippen LogP contribution in [0, 0.1) is 5.82 Å². The molecule has 0 saturated heterocycles. The Balaban J connectivity index is 1.91. The van der Waals surface area contributed by atoms with Gasteiger partial charge in [-0.25, -0.2) is 9.18 Å². The lowest BCUT2D eigenvalue weighted by atomic mass is 10.0. The first-order valence-electron chi connectivity index (χ1n) is 9.14. The molecule has 2 aromatic carbocycles. The first-order valence-corrected chi connectivity index (χ1v) is 9.52. The quantitative estimate of drug-likeness (QED) is 0.522. The third-order valence-electron chi connectivity index (χ3n) is 4.59. The summed E-state index contributed by atoms with van der Waals surface area (Å²) in [6.07, 6.45) is -4.93. The molecule has 32 heavy (non-hydrogen) atoms. The lowest BCUT2D eigenvalue weighted by Crippen LogP contribution is -2.27. The molecule has 6 nitrogen and oxygen atoms in total. The van der Waals surface area contributed by atoms with E-state index in [0.29, 0.717) is 15.3 Å². The summed E-state index contributed by atoms with van der Waals surface area (Å²) in [5.41, 5.74) is -1.80. The molecule has 0 bridgehead atoms. The van der Waals surface area contributed by atoms with Crippen molar-refractivity contribution >= 4 is 23.5 Å². The molecular formula is C21H16ClF4N3O3. The molecule has 3 rings (SSSR count). The molecule has 11 heteroatoms. The normalized spacial score (nSPS) is 11.4. The van der Waals surface area contributed by atoms with E-state index in [2.05, 4.69) is 10.4 Å². The highest BCUT2D eigenvalue weighted by Crippen LogP contribution is 2.34. The smallest absolute Gasteiger partial charge is 0.433 e. The summed E-state index contributed by atoms with van der Waals surface area (Å²) in [6.45, 7) is -0.321. The third kappa shape index (κ3) is 5.08. The number of nitrogens with zero attached hydrogens (tertiary/aromatic N) is 2. The number of amides is 1. The molecule has 0 spiro atoms. The molecule has 3 aromatic rings. The molecule has 0 radical (unpaired) electrons. The second-order valence-electron chi connectivity index (χ2n) is 6.90. The largest absolute Gasteiger partial charge is 0.478 e. The molecule has 1 amide bonds. The van der Waals surface area contributed by atoms with E-state index >= 15 is 0 Å². The molecule has 0 fully saturated rings. The zero-order chi connectivity index (χ0) is 23.6. The van der Waals surface area contributed by atoms with E-state index in [9.17, 15) is 27.2 Å². The van der Waals surface area contributed by atoms with Crippen LogP contribution in [0.5, 0.6) is 0 Å². The van der Waals surface area contributed by atoms with Gasteiger partial charge in [-0.1, -0.05) is 29.8 Å². The van der Waals surface area contributed by atoms with Crippen LogP contribution in [0.15, 0.2) is 42.5 Å². The second kappa shape index (κ2) is 8.99. The summed E-state index contributed by atoms with van der Waals surface area (Å²) in [4.78, 5) is 23.7. The van der Waals surface area contributed by atoms with Gasteiger partial charge in [-0.05, 0) is 35.4 Å². The van der Waals surface area contributed by atoms with E-state index in [0.717, 1.165) is 19.2 Å². The number of hydrogen-bond donors (Lipinski definition) is 2. The first-order chi connectivity index (χ1) is 15.0. The molecule has 1 aromatic heterocycles. The van der Waals surface area contributed by atoms with E-state index < -0.39 is 40.7 Å². The van der Waals surface area contributed by atoms with Crippen molar-refractivity contribution in [2.45, 2.75) is 19.1 Å². The Labute approximate surface area is 184 Å². The van der Waals surface area contributed by atoms with Gasteiger partial charge in [0.05, 0.1) is 16.8 Å². The lowest BCUT2D eigenvalue weighted by molar-refractivity contribution is -0.144. The minimum absolute atomic E-state index is 0.0742. The Morgan fingerprint density at radius 2 is 1.88 bits per heavy atom. The zero-order valence-corrected chi connectivity index (χ0v) is 17.3. The number of aromatic nitrogens is 2. The monoisotopic (exact) mass is 469 g/mol. The maximum Gasteiger partial charge on any atom is 0.433 e. The van der Waals surface area contributed by atoms with Gasteiger partial charge in [0.1, 0.15) is 5.82 Å². The summed E-state index contributed by atoms with van der Waals surface area (Å²) in [5, 5.41) is 15.5. The molecule has 1 heterocycles. The molecule has 168 valence electrons. The van der Waals surface area contributed by atoms with Crippen LogP contribution in [-0.4, -0.2) is 26.8 Å². The average Bonchev–Trinajstić information content (AvgIpc) is 3.02.